The fourth-order valence-corrected chi connectivity index (χ4v) is 2.16. The molecule has 0 heterocycles. The Bertz CT molecular complexity index is 566. The van der Waals surface area contributed by atoms with Gasteiger partial charge in [0.2, 0.25) is 0 Å². The highest BCUT2D eigenvalue weighted by Gasteiger charge is 2.09. The van der Waals surface area contributed by atoms with Gasteiger partial charge in [-0.3, -0.25) is 0 Å². The average molecular weight is 256 g/mol. The summed E-state index contributed by atoms with van der Waals surface area (Å²) < 4.78 is 5.39. The van der Waals surface area contributed by atoms with E-state index in [0.29, 0.717) is 0 Å². The van der Waals surface area contributed by atoms with Crippen molar-refractivity contribution in [3.8, 4) is 5.75 Å². The maximum Gasteiger partial charge on any atom is 0.142 e. The van der Waals surface area contributed by atoms with Crippen LogP contribution in [0.3, 0.4) is 0 Å². The summed E-state index contributed by atoms with van der Waals surface area (Å²) in [6.45, 7) is 2.83. The minimum atomic E-state index is 0.758. The van der Waals surface area contributed by atoms with Gasteiger partial charge in [0.15, 0.2) is 0 Å². The number of para-hydroxylation sites is 2. The van der Waals surface area contributed by atoms with Gasteiger partial charge in [0.05, 0.1) is 12.8 Å². The highest BCUT2D eigenvalue weighted by atomic mass is 16.5. The monoisotopic (exact) mass is 256 g/mol. The summed E-state index contributed by atoms with van der Waals surface area (Å²) in [6, 6.07) is 14.1. The van der Waals surface area contributed by atoms with Gasteiger partial charge in [-0.25, -0.2) is 0 Å². The minimum absolute atomic E-state index is 0.758. The van der Waals surface area contributed by atoms with Gasteiger partial charge in [-0.15, -0.1) is 0 Å². The van der Waals surface area contributed by atoms with Gasteiger partial charge >= 0.3 is 0 Å². The molecule has 0 aliphatic rings. The summed E-state index contributed by atoms with van der Waals surface area (Å²) in [4.78, 5) is 2.14. The predicted octanol–water partition coefficient (Wildman–Crippen LogP) is 3.22. The highest BCUT2D eigenvalue weighted by molar-refractivity contribution is 5.59. The van der Waals surface area contributed by atoms with Gasteiger partial charge < -0.3 is 15.4 Å². The zero-order valence-electron chi connectivity index (χ0n) is 11.7. The van der Waals surface area contributed by atoms with Crippen molar-refractivity contribution in [3.63, 3.8) is 0 Å². The van der Waals surface area contributed by atoms with E-state index in [1.165, 1.54) is 5.56 Å². The van der Waals surface area contributed by atoms with Crippen molar-refractivity contribution in [1.82, 2.24) is 0 Å². The maximum absolute atomic E-state index is 6.03. The van der Waals surface area contributed by atoms with Crippen molar-refractivity contribution >= 4 is 11.4 Å². The summed E-state index contributed by atoms with van der Waals surface area (Å²) >= 11 is 0. The lowest BCUT2D eigenvalue weighted by Gasteiger charge is -2.22. The molecule has 100 valence electrons. The molecule has 0 aliphatic carbocycles. The Morgan fingerprint density at radius 2 is 1.89 bits per heavy atom. The summed E-state index contributed by atoms with van der Waals surface area (Å²) in [5.74, 6) is 0.872. The maximum atomic E-state index is 6.03. The van der Waals surface area contributed by atoms with Crippen LogP contribution in [0.25, 0.3) is 0 Å². The Morgan fingerprint density at radius 3 is 2.63 bits per heavy atom. The van der Waals surface area contributed by atoms with E-state index in [4.69, 9.17) is 10.5 Å². The SMILES string of the molecule is COc1ccccc1N(C)Cc1cc(C)ccc1N. The first-order valence-corrected chi connectivity index (χ1v) is 6.31. The fraction of sp³-hybridized carbons (Fsp3) is 0.250. The Kier molecular flexibility index (Phi) is 3.95. The molecule has 0 saturated heterocycles. The highest BCUT2D eigenvalue weighted by Crippen LogP contribution is 2.28. The molecule has 2 rings (SSSR count). The van der Waals surface area contributed by atoms with Crippen LogP contribution in [0.2, 0.25) is 0 Å². The summed E-state index contributed by atoms with van der Waals surface area (Å²) in [6.07, 6.45) is 0. The van der Waals surface area contributed by atoms with Gasteiger partial charge in [-0.2, -0.15) is 0 Å². The van der Waals surface area contributed by atoms with Crippen LogP contribution < -0.4 is 15.4 Å². The van der Waals surface area contributed by atoms with Crippen molar-refractivity contribution in [2.45, 2.75) is 13.5 Å². The number of hydrogen-bond donors (Lipinski definition) is 1. The fourth-order valence-electron chi connectivity index (χ4n) is 2.16. The molecule has 0 atom stereocenters. The summed E-state index contributed by atoms with van der Waals surface area (Å²) in [5.41, 5.74) is 10.3. The molecule has 0 fully saturated rings. The third-order valence-corrected chi connectivity index (χ3v) is 3.20. The second-order valence-electron chi connectivity index (χ2n) is 4.73. The molecule has 0 bridgehead atoms. The zero-order chi connectivity index (χ0) is 13.8. The number of rotatable bonds is 4. The number of nitrogens with zero attached hydrogens (tertiary/aromatic N) is 1. The van der Waals surface area contributed by atoms with Crippen molar-refractivity contribution in [2.24, 2.45) is 0 Å². The second-order valence-corrected chi connectivity index (χ2v) is 4.73. The molecule has 3 heteroatoms. The van der Waals surface area contributed by atoms with Gasteiger partial charge in [-0.1, -0.05) is 29.8 Å². The lowest BCUT2D eigenvalue weighted by Crippen LogP contribution is -2.18. The van der Waals surface area contributed by atoms with Crippen LogP contribution in [-0.2, 0) is 6.54 Å². The van der Waals surface area contributed by atoms with E-state index in [-0.39, 0.29) is 0 Å². The molecular weight excluding hydrogens is 236 g/mol. The topological polar surface area (TPSA) is 38.5 Å². The molecule has 3 nitrogen and oxygen atoms in total. The number of nitrogen functional groups attached to an aromatic ring is 1. The van der Waals surface area contributed by atoms with Crippen molar-refractivity contribution in [2.75, 3.05) is 24.8 Å². The van der Waals surface area contributed by atoms with Crippen molar-refractivity contribution < 1.29 is 4.74 Å². The molecule has 0 saturated carbocycles. The third-order valence-electron chi connectivity index (χ3n) is 3.20. The number of anilines is 2. The van der Waals surface area contributed by atoms with E-state index in [1.54, 1.807) is 7.11 Å². The molecule has 0 aromatic heterocycles. The molecule has 0 radical (unpaired) electrons. The van der Waals surface area contributed by atoms with Crippen molar-refractivity contribution in [1.29, 1.82) is 0 Å². The molecule has 0 spiro atoms. The van der Waals surface area contributed by atoms with E-state index >= 15 is 0 Å². The molecule has 2 N–H and O–H groups in total. The van der Waals surface area contributed by atoms with Gasteiger partial charge in [0.1, 0.15) is 5.75 Å². The van der Waals surface area contributed by atoms with Gasteiger partial charge in [-0.05, 0) is 30.7 Å². The van der Waals surface area contributed by atoms with E-state index in [0.717, 1.165) is 29.2 Å². The molecule has 19 heavy (non-hydrogen) atoms. The van der Waals surface area contributed by atoms with Gasteiger partial charge in [0, 0.05) is 19.3 Å². The quantitative estimate of drug-likeness (QED) is 0.854. The second kappa shape index (κ2) is 5.65. The normalized spacial score (nSPS) is 10.3. The smallest absolute Gasteiger partial charge is 0.142 e. The van der Waals surface area contributed by atoms with E-state index in [1.807, 2.05) is 43.4 Å². The number of benzene rings is 2. The molecular formula is C16H20N2O. The average Bonchev–Trinajstić information content (AvgIpc) is 2.42. The van der Waals surface area contributed by atoms with Crippen LogP contribution in [0.4, 0.5) is 11.4 Å². The third kappa shape index (κ3) is 2.99. The molecule has 2 aromatic rings. The first kappa shape index (κ1) is 13.3. The number of aryl methyl sites for hydroxylation is 1. The molecule has 0 unspecified atom stereocenters. The number of ether oxygens (including phenoxy) is 1. The molecule has 0 amide bonds. The van der Waals surface area contributed by atoms with E-state index < -0.39 is 0 Å². The first-order valence-electron chi connectivity index (χ1n) is 6.31. The zero-order valence-corrected chi connectivity index (χ0v) is 11.7. The number of hydrogen-bond acceptors (Lipinski definition) is 3. The van der Waals surface area contributed by atoms with E-state index in [2.05, 4.69) is 17.9 Å². The standard InChI is InChI=1S/C16H20N2O/c1-12-8-9-14(17)13(10-12)11-18(2)15-6-4-5-7-16(15)19-3/h4-10H,11,17H2,1-3H3. The Hall–Kier alpha value is -2.16. The minimum Gasteiger partial charge on any atom is -0.495 e. The summed E-state index contributed by atoms with van der Waals surface area (Å²) in [5, 5.41) is 0. The van der Waals surface area contributed by atoms with Crippen LogP contribution >= 0.6 is 0 Å². The Labute approximate surface area is 114 Å². The summed E-state index contributed by atoms with van der Waals surface area (Å²) in [7, 11) is 3.73. The van der Waals surface area contributed by atoms with Crippen LogP contribution in [-0.4, -0.2) is 14.2 Å². The predicted molar refractivity (Wildman–Crippen MR) is 80.7 cm³/mol. The van der Waals surface area contributed by atoms with E-state index in [9.17, 15) is 0 Å². The first-order chi connectivity index (χ1) is 9.11. The van der Waals surface area contributed by atoms with Crippen LogP contribution in [0, 0.1) is 6.92 Å². The number of nitrogens with two attached hydrogens (primary N) is 1. The van der Waals surface area contributed by atoms with Crippen LogP contribution in [0.5, 0.6) is 5.75 Å². The van der Waals surface area contributed by atoms with Crippen LogP contribution in [0.1, 0.15) is 11.1 Å². The Morgan fingerprint density at radius 1 is 1.16 bits per heavy atom. The molecule has 0 aliphatic heterocycles. The largest absolute Gasteiger partial charge is 0.495 e. The number of methoxy groups -OCH3 is 1. The van der Waals surface area contributed by atoms with Crippen molar-refractivity contribution in [3.05, 3.63) is 53.6 Å². The van der Waals surface area contributed by atoms with Crippen LogP contribution in [0.15, 0.2) is 42.5 Å². The lowest BCUT2D eigenvalue weighted by molar-refractivity contribution is 0.415. The Balaban J connectivity index is 2.25. The lowest BCUT2D eigenvalue weighted by atomic mass is 10.1. The molecule has 2 aromatic carbocycles. The van der Waals surface area contributed by atoms with Gasteiger partial charge in [0.25, 0.3) is 0 Å².